The van der Waals surface area contributed by atoms with E-state index in [1.807, 2.05) is 6.92 Å². The molecule has 0 bridgehead atoms. The van der Waals surface area contributed by atoms with Crippen LogP contribution in [0.1, 0.15) is 10.6 Å². The van der Waals surface area contributed by atoms with Crippen molar-refractivity contribution in [1.82, 2.24) is 14.6 Å². The fourth-order valence-corrected chi connectivity index (χ4v) is 1.66. The lowest BCUT2D eigenvalue weighted by Gasteiger charge is -1.77. The Labute approximate surface area is 66.6 Å². The van der Waals surface area contributed by atoms with Gasteiger partial charge in [0.1, 0.15) is 10.9 Å². The summed E-state index contributed by atoms with van der Waals surface area (Å²) in [5.74, 6) is 0. The van der Waals surface area contributed by atoms with Gasteiger partial charge < -0.3 is 0 Å². The van der Waals surface area contributed by atoms with Crippen LogP contribution in [0, 0.1) is 18.3 Å². The van der Waals surface area contributed by atoms with Crippen molar-refractivity contribution in [3.8, 4) is 6.07 Å². The van der Waals surface area contributed by atoms with Crippen molar-refractivity contribution in [3.05, 3.63) is 10.6 Å². The summed E-state index contributed by atoms with van der Waals surface area (Å²) in [7, 11) is 0. The van der Waals surface area contributed by atoms with Gasteiger partial charge in [-0.3, -0.25) is 5.10 Å². The minimum Gasteiger partial charge on any atom is -0.260 e. The molecule has 0 atom stereocenters. The Morgan fingerprint density at radius 2 is 2.45 bits per heavy atom. The number of aryl methyl sites for hydroxylation is 1. The van der Waals surface area contributed by atoms with E-state index in [0.29, 0.717) is 10.5 Å². The zero-order chi connectivity index (χ0) is 7.84. The number of hydrogen-bond donors (Lipinski definition) is 1. The Bertz CT molecular complexity index is 433. The topological polar surface area (TPSA) is 65.4 Å². The highest BCUT2D eigenvalue weighted by Gasteiger charge is 2.09. The first kappa shape index (κ1) is 6.31. The van der Waals surface area contributed by atoms with Crippen molar-refractivity contribution in [1.29, 1.82) is 5.26 Å². The second-order valence-electron chi connectivity index (χ2n) is 2.16. The van der Waals surface area contributed by atoms with Crippen LogP contribution >= 0.6 is 11.5 Å². The molecular formula is C6H4N4S. The molecule has 2 rings (SSSR count). The van der Waals surface area contributed by atoms with Gasteiger partial charge in [-0.05, 0) is 18.5 Å². The number of aromatic amines is 1. The molecule has 0 fully saturated rings. The van der Waals surface area contributed by atoms with Gasteiger partial charge in [0, 0.05) is 0 Å². The van der Waals surface area contributed by atoms with Gasteiger partial charge in [0.05, 0.1) is 11.1 Å². The molecule has 0 radical (unpaired) electrons. The molecule has 0 saturated carbocycles. The van der Waals surface area contributed by atoms with Crippen LogP contribution in [0.4, 0.5) is 0 Å². The molecule has 0 aromatic carbocycles. The fraction of sp³-hybridized carbons (Fsp3) is 0.167. The number of nitrogens with zero attached hydrogens (tertiary/aromatic N) is 3. The van der Waals surface area contributed by atoms with Crippen LogP contribution < -0.4 is 0 Å². The lowest BCUT2D eigenvalue weighted by molar-refractivity contribution is 1.06. The highest BCUT2D eigenvalue weighted by Crippen LogP contribution is 2.21. The summed E-state index contributed by atoms with van der Waals surface area (Å²) in [5, 5.41) is 16.2. The molecule has 54 valence electrons. The molecule has 0 spiro atoms. The Balaban J connectivity index is 2.94. The lowest BCUT2D eigenvalue weighted by atomic mass is 10.3. The maximum Gasteiger partial charge on any atom is 0.170 e. The van der Waals surface area contributed by atoms with Gasteiger partial charge in [0.15, 0.2) is 5.65 Å². The van der Waals surface area contributed by atoms with Crippen molar-refractivity contribution >= 4 is 22.6 Å². The Kier molecular flexibility index (Phi) is 1.17. The Hall–Kier alpha value is -1.41. The largest absolute Gasteiger partial charge is 0.260 e. The normalized spacial score (nSPS) is 10.2. The fourth-order valence-electron chi connectivity index (χ4n) is 0.971. The number of nitrogens with one attached hydrogen (secondary N) is 1. The highest BCUT2D eigenvalue weighted by molar-refractivity contribution is 7.07. The van der Waals surface area contributed by atoms with Gasteiger partial charge in [-0.1, -0.05) is 0 Å². The molecule has 0 saturated heterocycles. The van der Waals surface area contributed by atoms with Gasteiger partial charge in [0.25, 0.3) is 0 Å². The van der Waals surface area contributed by atoms with Crippen LogP contribution in [0.25, 0.3) is 11.0 Å². The summed E-state index contributed by atoms with van der Waals surface area (Å²) >= 11 is 1.20. The standard InChI is InChI=1S/C6H4N4S/c1-3-5-4(2-7)11-10-6(5)9-8-3/h1H3,(H,9,10). The van der Waals surface area contributed by atoms with Crippen LogP contribution in [0.5, 0.6) is 0 Å². The van der Waals surface area contributed by atoms with Crippen molar-refractivity contribution in [2.75, 3.05) is 0 Å². The van der Waals surface area contributed by atoms with Crippen LogP contribution in [-0.2, 0) is 0 Å². The van der Waals surface area contributed by atoms with E-state index in [9.17, 15) is 0 Å². The summed E-state index contributed by atoms with van der Waals surface area (Å²) in [6.45, 7) is 1.86. The monoisotopic (exact) mass is 164 g/mol. The minimum atomic E-state index is 0.631. The first-order chi connectivity index (χ1) is 5.33. The average molecular weight is 164 g/mol. The minimum absolute atomic E-state index is 0.631. The van der Waals surface area contributed by atoms with E-state index in [1.54, 1.807) is 0 Å². The van der Waals surface area contributed by atoms with Gasteiger partial charge in [-0.15, -0.1) is 0 Å². The second kappa shape index (κ2) is 2.04. The third kappa shape index (κ3) is 0.731. The summed E-state index contributed by atoms with van der Waals surface area (Å²) < 4.78 is 4.01. The van der Waals surface area contributed by atoms with Crippen LogP contribution in [0.2, 0.25) is 0 Å². The van der Waals surface area contributed by atoms with E-state index < -0.39 is 0 Å². The predicted octanol–water partition coefficient (Wildman–Crippen LogP) is 1.20. The maximum atomic E-state index is 8.65. The third-order valence-electron chi connectivity index (χ3n) is 1.48. The van der Waals surface area contributed by atoms with Gasteiger partial charge in [-0.25, -0.2) is 0 Å². The quantitative estimate of drug-likeness (QED) is 0.636. The zero-order valence-electron chi connectivity index (χ0n) is 5.75. The second-order valence-corrected chi connectivity index (χ2v) is 2.93. The molecule has 0 amide bonds. The van der Waals surface area contributed by atoms with Gasteiger partial charge >= 0.3 is 0 Å². The Morgan fingerprint density at radius 1 is 1.64 bits per heavy atom. The molecule has 5 heteroatoms. The molecule has 1 N–H and O–H groups in total. The predicted molar refractivity (Wildman–Crippen MR) is 41.2 cm³/mol. The molecular weight excluding hydrogens is 160 g/mol. The molecule has 0 aliphatic rings. The third-order valence-corrected chi connectivity index (χ3v) is 2.24. The number of aromatic nitrogens is 3. The SMILES string of the molecule is Cc1n[nH]c2nsc(C#N)c12. The van der Waals surface area contributed by atoms with Crippen molar-refractivity contribution in [2.45, 2.75) is 6.92 Å². The van der Waals surface area contributed by atoms with E-state index in [4.69, 9.17) is 5.26 Å². The van der Waals surface area contributed by atoms with E-state index >= 15 is 0 Å². The first-order valence-electron chi connectivity index (χ1n) is 3.03. The number of H-pyrrole nitrogens is 1. The average Bonchev–Trinajstić information content (AvgIpc) is 2.54. The zero-order valence-corrected chi connectivity index (χ0v) is 6.57. The molecule has 2 heterocycles. The number of hydrogen-bond acceptors (Lipinski definition) is 4. The van der Waals surface area contributed by atoms with Crippen molar-refractivity contribution < 1.29 is 0 Å². The van der Waals surface area contributed by atoms with Crippen LogP contribution in [0.15, 0.2) is 0 Å². The molecule has 0 unspecified atom stereocenters. The first-order valence-corrected chi connectivity index (χ1v) is 3.80. The van der Waals surface area contributed by atoms with Crippen molar-refractivity contribution in [3.63, 3.8) is 0 Å². The molecule has 2 aromatic rings. The smallest absolute Gasteiger partial charge is 0.170 e. The summed E-state index contributed by atoms with van der Waals surface area (Å²) in [6.07, 6.45) is 0. The van der Waals surface area contributed by atoms with Crippen molar-refractivity contribution in [2.24, 2.45) is 0 Å². The Morgan fingerprint density at radius 3 is 3.18 bits per heavy atom. The molecule has 11 heavy (non-hydrogen) atoms. The lowest BCUT2D eigenvalue weighted by Crippen LogP contribution is -1.71. The summed E-state index contributed by atoms with van der Waals surface area (Å²) in [6, 6.07) is 2.07. The molecule has 4 nitrogen and oxygen atoms in total. The van der Waals surface area contributed by atoms with Gasteiger partial charge in [0.2, 0.25) is 0 Å². The van der Waals surface area contributed by atoms with E-state index in [0.717, 1.165) is 11.1 Å². The van der Waals surface area contributed by atoms with Crippen LogP contribution in [-0.4, -0.2) is 14.6 Å². The summed E-state index contributed by atoms with van der Waals surface area (Å²) in [4.78, 5) is 0.631. The maximum absolute atomic E-state index is 8.65. The van der Waals surface area contributed by atoms with E-state index in [-0.39, 0.29) is 0 Å². The molecule has 0 aliphatic heterocycles. The van der Waals surface area contributed by atoms with E-state index in [1.165, 1.54) is 11.5 Å². The molecule has 0 aliphatic carbocycles. The van der Waals surface area contributed by atoms with Crippen LogP contribution in [0.3, 0.4) is 0 Å². The number of fused-ring (bicyclic) bond motifs is 1. The number of nitriles is 1. The molecule has 2 aromatic heterocycles. The highest BCUT2D eigenvalue weighted by atomic mass is 32.1. The van der Waals surface area contributed by atoms with Gasteiger partial charge in [-0.2, -0.15) is 14.7 Å². The van der Waals surface area contributed by atoms with E-state index in [2.05, 4.69) is 20.6 Å². The summed E-state index contributed by atoms with van der Waals surface area (Å²) in [5.41, 5.74) is 1.55. The number of rotatable bonds is 0.